The van der Waals surface area contributed by atoms with Gasteiger partial charge in [0.25, 0.3) is 5.91 Å². The van der Waals surface area contributed by atoms with Crippen molar-refractivity contribution in [3.8, 4) is 5.69 Å². The molecule has 0 spiro atoms. The maximum absolute atomic E-state index is 11.1. The molecule has 0 unspecified atom stereocenters. The molecule has 0 saturated carbocycles. The lowest BCUT2D eigenvalue weighted by Gasteiger charge is -2.07. The van der Waals surface area contributed by atoms with Crippen LogP contribution < -0.4 is 5.73 Å². The number of carbonyl (C=O) groups excluding carboxylic acids is 1. The minimum atomic E-state index is -0.583. The van der Waals surface area contributed by atoms with Crippen LogP contribution in [0.1, 0.15) is 21.7 Å². The number of hydrogen-bond donors (Lipinski definition) is 1. The first-order valence-electron chi connectivity index (χ1n) is 4.99. The minimum Gasteiger partial charge on any atom is -0.364 e. The van der Waals surface area contributed by atoms with Gasteiger partial charge >= 0.3 is 0 Å². The predicted molar refractivity (Wildman–Crippen MR) is 64.4 cm³/mol. The Labute approximate surface area is 103 Å². The number of nitrogens with zero attached hydrogens (tertiary/aromatic N) is 3. The largest absolute Gasteiger partial charge is 0.364 e. The van der Waals surface area contributed by atoms with Gasteiger partial charge in [-0.2, -0.15) is 0 Å². The Hall–Kier alpha value is -1.88. The summed E-state index contributed by atoms with van der Waals surface area (Å²) in [5.41, 5.74) is 7.76. The van der Waals surface area contributed by atoms with Gasteiger partial charge in [-0.15, -0.1) is 5.10 Å². The second-order valence-electron chi connectivity index (χ2n) is 3.73. The SMILES string of the molecule is Cc1cc(Cl)ccc1-n1nnc(C(N)=O)c1C. The molecule has 0 radical (unpaired) electrons. The summed E-state index contributed by atoms with van der Waals surface area (Å²) in [6.45, 7) is 3.65. The van der Waals surface area contributed by atoms with E-state index in [1.807, 2.05) is 19.1 Å². The highest BCUT2D eigenvalue weighted by molar-refractivity contribution is 6.30. The van der Waals surface area contributed by atoms with Crippen LogP contribution in [-0.4, -0.2) is 20.9 Å². The van der Waals surface area contributed by atoms with Gasteiger partial charge in [-0.1, -0.05) is 16.8 Å². The summed E-state index contributed by atoms with van der Waals surface area (Å²) < 4.78 is 1.58. The summed E-state index contributed by atoms with van der Waals surface area (Å²) in [7, 11) is 0. The number of amides is 1. The van der Waals surface area contributed by atoms with Gasteiger partial charge in [-0.05, 0) is 37.6 Å². The van der Waals surface area contributed by atoms with Crippen LogP contribution >= 0.6 is 11.6 Å². The number of hydrogen-bond acceptors (Lipinski definition) is 3. The van der Waals surface area contributed by atoms with Crippen molar-refractivity contribution in [3.05, 3.63) is 40.2 Å². The lowest BCUT2D eigenvalue weighted by Crippen LogP contribution is -2.13. The molecule has 1 aromatic carbocycles. The zero-order valence-corrected chi connectivity index (χ0v) is 10.2. The molecule has 1 heterocycles. The van der Waals surface area contributed by atoms with Gasteiger partial charge in [0.1, 0.15) is 0 Å². The van der Waals surface area contributed by atoms with Crippen molar-refractivity contribution in [3.63, 3.8) is 0 Å². The van der Waals surface area contributed by atoms with Crippen LogP contribution in [-0.2, 0) is 0 Å². The molecule has 0 atom stereocenters. The summed E-state index contributed by atoms with van der Waals surface area (Å²) in [6, 6.07) is 5.40. The molecule has 1 aromatic heterocycles. The summed E-state index contributed by atoms with van der Waals surface area (Å²) in [5.74, 6) is -0.583. The third kappa shape index (κ3) is 2.01. The number of carbonyl (C=O) groups is 1. The summed E-state index contributed by atoms with van der Waals surface area (Å²) in [6.07, 6.45) is 0. The Morgan fingerprint density at radius 3 is 2.65 bits per heavy atom. The molecular weight excluding hydrogens is 240 g/mol. The van der Waals surface area contributed by atoms with E-state index in [0.717, 1.165) is 11.3 Å². The smallest absolute Gasteiger partial charge is 0.271 e. The van der Waals surface area contributed by atoms with Gasteiger partial charge in [0.05, 0.1) is 11.4 Å². The Bertz CT molecular complexity index is 591. The van der Waals surface area contributed by atoms with Crippen LogP contribution in [0.25, 0.3) is 5.69 Å². The van der Waals surface area contributed by atoms with E-state index in [4.69, 9.17) is 17.3 Å². The molecule has 2 aromatic rings. The summed E-state index contributed by atoms with van der Waals surface area (Å²) in [4.78, 5) is 11.1. The van der Waals surface area contributed by atoms with Gasteiger partial charge in [0.2, 0.25) is 0 Å². The molecule has 1 amide bonds. The van der Waals surface area contributed by atoms with Crippen LogP contribution in [0.15, 0.2) is 18.2 Å². The van der Waals surface area contributed by atoms with Gasteiger partial charge in [0.15, 0.2) is 5.69 Å². The number of aryl methyl sites for hydroxylation is 1. The maximum Gasteiger partial charge on any atom is 0.271 e. The standard InChI is InChI=1S/C11H11ClN4O/c1-6-5-8(12)3-4-9(6)16-7(2)10(11(13)17)14-15-16/h3-5H,1-2H3,(H2,13,17). The van der Waals surface area contributed by atoms with E-state index < -0.39 is 5.91 Å². The van der Waals surface area contributed by atoms with E-state index >= 15 is 0 Å². The van der Waals surface area contributed by atoms with Crippen LogP contribution in [0.2, 0.25) is 5.02 Å². The van der Waals surface area contributed by atoms with Gasteiger partial charge in [-0.25, -0.2) is 4.68 Å². The fraction of sp³-hybridized carbons (Fsp3) is 0.182. The number of halogens is 1. The third-order valence-corrected chi connectivity index (χ3v) is 2.75. The number of benzene rings is 1. The van der Waals surface area contributed by atoms with E-state index in [1.54, 1.807) is 17.7 Å². The van der Waals surface area contributed by atoms with Crippen molar-refractivity contribution in [2.75, 3.05) is 0 Å². The van der Waals surface area contributed by atoms with Gasteiger partial charge < -0.3 is 5.73 Å². The van der Waals surface area contributed by atoms with Crippen molar-refractivity contribution in [1.82, 2.24) is 15.0 Å². The molecule has 2 rings (SSSR count). The molecule has 5 nitrogen and oxygen atoms in total. The molecule has 0 saturated heterocycles. The van der Waals surface area contributed by atoms with Crippen molar-refractivity contribution in [2.45, 2.75) is 13.8 Å². The van der Waals surface area contributed by atoms with Gasteiger partial charge in [0, 0.05) is 5.02 Å². The molecule has 0 aliphatic carbocycles. The first-order valence-corrected chi connectivity index (χ1v) is 5.37. The zero-order chi connectivity index (χ0) is 12.6. The van der Waals surface area contributed by atoms with E-state index in [9.17, 15) is 4.79 Å². The first kappa shape index (κ1) is 11.6. The fourth-order valence-corrected chi connectivity index (χ4v) is 1.87. The fourth-order valence-electron chi connectivity index (χ4n) is 1.64. The highest BCUT2D eigenvalue weighted by Gasteiger charge is 2.15. The maximum atomic E-state index is 11.1. The van der Waals surface area contributed by atoms with E-state index in [0.29, 0.717) is 10.7 Å². The number of aromatic nitrogens is 3. The molecule has 2 N–H and O–H groups in total. The topological polar surface area (TPSA) is 73.8 Å². The predicted octanol–water partition coefficient (Wildman–Crippen LogP) is 1.64. The molecule has 0 aliphatic heterocycles. The van der Waals surface area contributed by atoms with Crippen molar-refractivity contribution >= 4 is 17.5 Å². The van der Waals surface area contributed by atoms with Gasteiger partial charge in [-0.3, -0.25) is 4.79 Å². The molecule has 88 valence electrons. The van der Waals surface area contributed by atoms with Crippen molar-refractivity contribution in [2.24, 2.45) is 5.73 Å². The second-order valence-corrected chi connectivity index (χ2v) is 4.17. The molecular formula is C11H11ClN4O. The van der Waals surface area contributed by atoms with Crippen molar-refractivity contribution < 1.29 is 4.79 Å². The quantitative estimate of drug-likeness (QED) is 0.880. The van der Waals surface area contributed by atoms with Crippen LogP contribution in [0.5, 0.6) is 0 Å². The van der Waals surface area contributed by atoms with Crippen LogP contribution in [0.3, 0.4) is 0 Å². The summed E-state index contributed by atoms with van der Waals surface area (Å²) in [5, 5.41) is 8.33. The lowest BCUT2D eigenvalue weighted by atomic mass is 10.2. The highest BCUT2D eigenvalue weighted by Crippen LogP contribution is 2.20. The highest BCUT2D eigenvalue weighted by atomic mass is 35.5. The number of primary amides is 1. The first-order chi connectivity index (χ1) is 8.00. The minimum absolute atomic E-state index is 0.180. The molecule has 0 fully saturated rings. The monoisotopic (exact) mass is 250 g/mol. The average Bonchev–Trinajstić information content (AvgIpc) is 2.60. The summed E-state index contributed by atoms with van der Waals surface area (Å²) >= 11 is 5.88. The molecule has 6 heteroatoms. The van der Waals surface area contributed by atoms with E-state index in [-0.39, 0.29) is 5.69 Å². The molecule has 17 heavy (non-hydrogen) atoms. The number of rotatable bonds is 2. The average molecular weight is 251 g/mol. The lowest BCUT2D eigenvalue weighted by molar-refractivity contribution is 0.0995. The molecule has 0 aliphatic rings. The van der Waals surface area contributed by atoms with Crippen LogP contribution in [0.4, 0.5) is 0 Å². The van der Waals surface area contributed by atoms with E-state index in [1.165, 1.54) is 0 Å². The normalized spacial score (nSPS) is 10.5. The third-order valence-electron chi connectivity index (χ3n) is 2.51. The zero-order valence-electron chi connectivity index (χ0n) is 9.44. The Morgan fingerprint density at radius 2 is 2.12 bits per heavy atom. The molecule has 0 bridgehead atoms. The Morgan fingerprint density at radius 1 is 1.41 bits per heavy atom. The second kappa shape index (κ2) is 4.18. The van der Waals surface area contributed by atoms with Crippen LogP contribution in [0, 0.1) is 13.8 Å². The Kier molecular flexibility index (Phi) is 2.85. The number of nitrogens with two attached hydrogens (primary N) is 1. The van der Waals surface area contributed by atoms with Crippen molar-refractivity contribution in [1.29, 1.82) is 0 Å². The van der Waals surface area contributed by atoms with E-state index in [2.05, 4.69) is 10.3 Å². The Balaban J connectivity index is 2.57.